The number of rotatable bonds is 7. The molecule has 0 aliphatic heterocycles. The van der Waals surface area contributed by atoms with Crippen LogP contribution in [0, 0.1) is 5.41 Å². The zero-order valence-corrected chi connectivity index (χ0v) is 14.8. The van der Waals surface area contributed by atoms with Crippen molar-refractivity contribution in [3.63, 3.8) is 0 Å². The first-order valence-electron chi connectivity index (χ1n) is 8.76. The number of carbonyl (C=O) groups excluding carboxylic acids is 1. The molecule has 132 valence electrons. The van der Waals surface area contributed by atoms with E-state index in [2.05, 4.69) is 17.1 Å². The normalized spacial score (nSPS) is 29.4. The second-order valence-electron chi connectivity index (χ2n) is 7.11. The largest absolute Gasteiger partial charge is 0.321 e. The number of ketones is 1. The van der Waals surface area contributed by atoms with Crippen LogP contribution in [0.4, 0.5) is 4.39 Å². The number of halogens is 1. The van der Waals surface area contributed by atoms with E-state index in [4.69, 9.17) is 5.73 Å². The number of hydrogen-bond acceptors (Lipinski definition) is 3. The fourth-order valence-corrected chi connectivity index (χ4v) is 3.86. The number of carbonyl (C=O) groups is 1. The standard InChI is InChI=1S/C21H25FN2O/c1-14(24-2)21(12-17(21)15-7-4-3-5-8-15)13-20(25)19(23)11-16-9-6-10-18(16)22/h3-10,17-19H,11-13,23H2,1-2H3. The van der Waals surface area contributed by atoms with Crippen LogP contribution in [0.5, 0.6) is 0 Å². The van der Waals surface area contributed by atoms with Crippen LogP contribution in [-0.2, 0) is 4.79 Å². The second kappa shape index (κ2) is 7.04. The predicted molar refractivity (Wildman–Crippen MR) is 99.6 cm³/mol. The molecular formula is C21H25FN2O. The third-order valence-corrected chi connectivity index (χ3v) is 5.64. The Morgan fingerprint density at radius 3 is 2.72 bits per heavy atom. The summed E-state index contributed by atoms with van der Waals surface area (Å²) in [7, 11) is 1.77. The highest BCUT2D eigenvalue weighted by atomic mass is 19.1. The van der Waals surface area contributed by atoms with E-state index in [1.807, 2.05) is 25.1 Å². The first kappa shape index (κ1) is 17.7. The maximum Gasteiger partial charge on any atom is 0.150 e. The molecule has 3 rings (SSSR count). The summed E-state index contributed by atoms with van der Waals surface area (Å²) in [5.74, 6) is 0.288. The molecule has 2 aliphatic rings. The number of alkyl halides is 1. The SMILES string of the molecule is CN=C(C)C1(CC(=O)C(N)CC2=CC=CC2F)CC1c1ccccc1. The third kappa shape index (κ3) is 3.49. The smallest absolute Gasteiger partial charge is 0.150 e. The molecule has 3 nitrogen and oxygen atoms in total. The number of aliphatic imine (C=N–C) groups is 1. The van der Waals surface area contributed by atoms with Crippen molar-refractivity contribution in [1.29, 1.82) is 0 Å². The van der Waals surface area contributed by atoms with E-state index in [0.717, 1.165) is 12.1 Å². The van der Waals surface area contributed by atoms with Crippen LogP contribution in [-0.4, -0.2) is 30.8 Å². The molecule has 25 heavy (non-hydrogen) atoms. The van der Waals surface area contributed by atoms with Gasteiger partial charge in [-0.25, -0.2) is 4.39 Å². The number of nitrogens with zero attached hydrogens (tertiary/aromatic N) is 1. The summed E-state index contributed by atoms with van der Waals surface area (Å²) in [6.07, 6.45) is 5.33. The van der Waals surface area contributed by atoms with Crippen LogP contribution in [0.15, 0.2) is 59.1 Å². The summed E-state index contributed by atoms with van der Waals surface area (Å²) in [6.45, 7) is 1.99. The minimum absolute atomic E-state index is 0.0126. The summed E-state index contributed by atoms with van der Waals surface area (Å²) in [4.78, 5) is 17.1. The Kier molecular flexibility index (Phi) is 5.00. The molecule has 0 bridgehead atoms. The summed E-state index contributed by atoms with van der Waals surface area (Å²) in [5, 5.41) is 0. The first-order valence-corrected chi connectivity index (χ1v) is 8.76. The molecular weight excluding hydrogens is 315 g/mol. The average Bonchev–Trinajstić information content (AvgIpc) is 3.22. The first-order chi connectivity index (χ1) is 12.0. The molecule has 2 aliphatic carbocycles. The van der Waals surface area contributed by atoms with Crippen molar-refractivity contribution in [2.75, 3.05) is 7.05 Å². The fraction of sp³-hybridized carbons (Fsp3) is 0.429. The Hall–Kier alpha value is -2.07. The summed E-state index contributed by atoms with van der Waals surface area (Å²) >= 11 is 0. The van der Waals surface area contributed by atoms with Crippen LogP contribution < -0.4 is 5.73 Å². The van der Waals surface area contributed by atoms with E-state index >= 15 is 0 Å². The van der Waals surface area contributed by atoms with Gasteiger partial charge in [0.1, 0.15) is 6.17 Å². The molecule has 2 N–H and O–H groups in total. The Morgan fingerprint density at radius 1 is 1.40 bits per heavy atom. The van der Waals surface area contributed by atoms with Gasteiger partial charge in [-0.3, -0.25) is 9.79 Å². The van der Waals surface area contributed by atoms with Gasteiger partial charge in [0, 0.05) is 24.6 Å². The van der Waals surface area contributed by atoms with Crippen molar-refractivity contribution in [3.8, 4) is 0 Å². The van der Waals surface area contributed by atoms with E-state index in [1.165, 1.54) is 11.6 Å². The van der Waals surface area contributed by atoms with Crippen molar-refractivity contribution in [1.82, 2.24) is 0 Å². The van der Waals surface area contributed by atoms with Gasteiger partial charge in [-0.1, -0.05) is 42.5 Å². The molecule has 1 saturated carbocycles. The molecule has 4 atom stereocenters. The molecule has 0 heterocycles. The highest BCUT2D eigenvalue weighted by Crippen LogP contribution is 2.62. The lowest BCUT2D eigenvalue weighted by Crippen LogP contribution is -2.35. The number of benzene rings is 1. The topological polar surface area (TPSA) is 55.5 Å². The quantitative estimate of drug-likeness (QED) is 0.768. The monoisotopic (exact) mass is 340 g/mol. The van der Waals surface area contributed by atoms with E-state index in [1.54, 1.807) is 19.2 Å². The molecule has 0 aromatic heterocycles. The van der Waals surface area contributed by atoms with Gasteiger partial charge in [-0.2, -0.15) is 0 Å². The third-order valence-electron chi connectivity index (χ3n) is 5.64. The maximum absolute atomic E-state index is 13.7. The lowest BCUT2D eigenvalue weighted by Gasteiger charge is -2.20. The van der Waals surface area contributed by atoms with Gasteiger partial charge >= 0.3 is 0 Å². The van der Waals surface area contributed by atoms with Crippen molar-refractivity contribution in [2.45, 2.75) is 44.3 Å². The molecule has 0 saturated heterocycles. The van der Waals surface area contributed by atoms with Gasteiger partial charge in [0.2, 0.25) is 0 Å². The lowest BCUT2D eigenvalue weighted by molar-refractivity contribution is -0.121. The average molecular weight is 340 g/mol. The van der Waals surface area contributed by atoms with E-state index < -0.39 is 12.2 Å². The van der Waals surface area contributed by atoms with Crippen LogP contribution in [0.1, 0.15) is 37.7 Å². The van der Waals surface area contributed by atoms with E-state index in [0.29, 0.717) is 17.9 Å². The fourth-order valence-electron chi connectivity index (χ4n) is 3.86. The van der Waals surface area contributed by atoms with Gasteiger partial charge in [-0.15, -0.1) is 0 Å². The Labute approximate surface area is 148 Å². The summed E-state index contributed by atoms with van der Waals surface area (Å²) < 4.78 is 13.7. The molecule has 4 heteroatoms. The number of Topliss-reactive ketones (excluding diaryl/α,β-unsaturated/α-hetero) is 1. The number of allylic oxidation sites excluding steroid dienone is 3. The van der Waals surface area contributed by atoms with Crippen molar-refractivity contribution in [3.05, 3.63) is 59.7 Å². The van der Waals surface area contributed by atoms with Crippen molar-refractivity contribution < 1.29 is 9.18 Å². The Balaban J connectivity index is 1.71. The zero-order valence-electron chi connectivity index (χ0n) is 14.8. The van der Waals surface area contributed by atoms with Gasteiger partial charge in [0.25, 0.3) is 0 Å². The second-order valence-corrected chi connectivity index (χ2v) is 7.11. The lowest BCUT2D eigenvalue weighted by atomic mass is 9.86. The van der Waals surface area contributed by atoms with E-state index in [9.17, 15) is 9.18 Å². The van der Waals surface area contributed by atoms with Gasteiger partial charge < -0.3 is 5.73 Å². The Bertz CT molecular complexity index is 738. The summed E-state index contributed by atoms with van der Waals surface area (Å²) in [5.41, 5.74) is 8.68. The number of hydrogen-bond donors (Lipinski definition) is 1. The molecule has 0 amide bonds. The van der Waals surface area contributed by atoms with Crippen LogP contribution in [0.3, 0.4) is 0 Å². The van der Waals surface area contributed by atoms with Gasteiger partial charge in [0.15, 0.2) is 5.78 Å². The molecule has 4 unspecified atom stereocenters. The zero-order chi connectivity index (χ0) is 18.0. The van der Waals surface area contributed by atoms with Crippen LogP contribution in [0.2, 0.25) is 0 Å². The minimum Gasteiger partial charge on any atom is -0.321 e. The van der Waals surface area contributed by atoms with Gasteiger partial charge in [0.05, 0.1) is 6.04 Å². The Morgan fingerprint density at radius 2 is 2.12 bits per heavy atom. The molecule has 0 spiro atoms. The maximum atomic E-state index is 13.7. The summed E-state index contributed by atoms with van der Waals surface area (Å²) in [6, 6.07) is 9.57. The van der Waals surface area contributed by atoms with Gasteiger partial charge in [-0.05, 0) is 42.9 Å². The predicted octanol–water partition coefficient (Wildman–Crippen LogP) is 3.76. The van der Waals surface area contributed by atoms with Crippen LogP contribution in [0.25, 0.3) is 0 Å². The van der Waals surface area contributed by atoms with Crippen LogP contribution >= 0.6 is 0 Å². The van der Waals surface area contributed by atoms with Crippen molar-refractivity contribution in [2.24, 2.45) is 16.1 Å². The van der Waals surface area contributed by atoms with E-state index in [-0.39, 0.29) is 17.6 Å². The number of nitrogens with two attached hydrogens (primary N) is 1. The highest BCUT2D eigenvalue weighted by Gasteiger charge is 2.57. The van der Waals surface area contributed by atoms with Crippen molar-refractivity contribution >= 4 is 11.5 Å². The molecule has 1 aromatic carbocycles. The molecule has 1 aromatic rings. The minimum atomic E-state index is -1.11. The molecule has 0 radical (unpaired) electrons. The molecule has 1 fully saturated rings. The highest BCUT2D eigenvalue weighted by molar-refractivity contribution is 5.98.